The SMILES string of the molecule is Cc1cnc(CN2C(=O)C(C3=CC=C(NC(=O)[C@@H]4CCCN4C(=O)OCc4ccccc4)CC3)SC2=Nc2ccc(N3CCOCC3)cc2)cn1. The molecule has 0 radical (unpaired) electrons. The Labute approximate surface area is 301 Å². The number of benzene rings is 2. The van der Waals surface area contributed by atoms with Crippen LogP contribution in [0.25, 0.3) is 0 Å². The third-order valence-corrected chi connectivity index (χ3v) is 10.6. The second-order valence-corrected chi connectivity index (χ2v) is 14.0. The maximum Gasteiger partial charge on any atom is 0.410 e. The highest BCUT2D eigenvalue weighted by Crippen LogP contribution is 2.38. The molecule has 13 heteroatoms. The summed E-state index contributed by atoms with van der Waals surface area (Å²) in [5.74, 6) is -0.285. The third kappa shape index (κ3) is 8.32. The molecular formula is C38H41N7O5S. The Balaban J connectivity index is 1.03. The van der Waals surface area contributed by atoms with Gasteiger partial charge in [-0.3, -0.25) is 29.4 Å². The van der Waals surface area contributed by atoms with Crippen molar-refractivity contribution in [1.82, 2.24) is 25.1 Å². The minimum atomic E-state index is -0.591. The quantitative estimate of drug-likeness (QED) is 0.316. The number of hydrogen-bond donors (Lipinski definition) is 1. The summed E-state index contributed by atoms with van der Waals surface area (Å²) in [6.07, 6.45) is 9.18. The molecule has 3 aromatic rings. The zero-order valence-corrected chi connectivity index (χ0v) is 29.4. The highest BCUT2D eigenvalue weighted by Gasteiger charge is 2.41. The fourth-order valence-corrected chi connectivity index (χ4v) is 7.76. The van der Waals surface area contributed by atoms with Crippen molar-refractivity contribution in [3.63, 3.8) is 0 Å². The zero-order valence-electron chi connectivity index (χ0n) is 28.6. The van der Waals surface area contributed by atoms with E-state index in [9.17, 15) is 14.4 Å². The van der Waals surface area contributed by atoms with E-state index in [0.717, 1.165) is 53.4 Å². The third-order valence-electron chi connectivity index (χ3n) is 9.35. The van der Waals surface area contributed by atoms with E-state index in [1.54, 1.807) is 17.3 Å². The van der Waals surface area contributed by atoms with Crippen molar-refractivity contribution in [2.24, 2.45) is 4.99 Å². The Kier molecular flexibility index (Phi) is 10.7. The van der Waals surface area contributed by atoms with E-state index in [-0.39, 0.29) is 25.0 Å². The lowest BCUT2D eigenvalue weighted by atomic mass is 9.98. The number of aryl methyl sites for hydroxylation is 1. The number of aliphatic imine (C=N–C) groups is 1. The van der Waals surface area contributed by atoms with Crippen LogP contribution in [0, 0.1) is 6.92 Å². The number of carbonyl (C=O) groups is 3. The van der Waals surface area contributed by atoms with Crippen molar-refractivity contribution < 1.29 is 23.9 Å². The number of rotatable bonds is 9. The van der Waals surface area contributed by atoms with Crippen LogP contribution in [0.2, 0.25) is 0 Å². The number of ether oxygens (including phenoxy) is 2. The highest BCUT2D eigenvalue weighted by molar-refractivity contribution is 8.15. The number of likely N-dealkylation sites (tertiary alicyclic amines) is 1. The van der Waals surface area contributed by atoms with Gasteiger partial charge in [0.25, 0.3) is 0 Å². The van der Waals surface area contributed by atoms with E-state index in [4.69, 9.17) is 14.5 Å². The fraction of sp³-hybridized carbons (Fsp3) is 0.368. The Morgan fingerprint density at radius 2 is 1.80 bits per heavy atom. The van der Waals surface area contributed by atoms with Gasteiger partial charge in [-0.25, -0.2) is 9.79 Å². The largest absolute Gasteiger partial charge is 0.445 e. The van der Waals surface area contributed by atoms with E-state index in [0.29, 0.717) is 49.9 Å². The molecule has 4 aliphatic rings. The zero-order chi connectivity index (χ0) is 35.2. The van der Waals surface area contributed by atoms with Gasteiger partial charge in [0.1, 0.15) is 17.9 Å². The van der Waals surface area contributed by atoms with Crippen molar-refractivity contribution in [3.8, 4) is 0 Å². The van der Waals surface area contributed by atoms with E-state index >= 15 is 0 Å². The number of nitrogens with one attached hydrogen (secondary N) is 1. The van der Waals surface area contributed by atoms with Crippen LogP contribution in [0.4, 0.5) is 16.2 Å². The number of amidine groups is 1. The average molecular weight is 708 g/mol. The monoisotopic (exact) mass is 707 g/mol. The normalized spacial score (nSPS) is 21.5. The van der Waals surface area contributed by atoms with Crippen molar-refractivity contribution in [2.75, 3.05) is 37.7 Å². The van der Waals surface area contributed by atoms with E-state index in [2.05, 4.69) is 32.3 Å². The molecule has 1 aromatic heterocycles. The first-order valence-electron chi connectivity index (χ1n) is 17.4. The molecule has 3 amide bonds. The number of carbonyl (C=O) groups excluding carboxylic acids is 3. The minimum absolute atomic E-state index is 0.0613. The van der Waals surface area contributed by atoms with Crippen LogP contribution in [0.3, 0.4) is 0 Å². The maximum atomic E-state index is 14.0. The number of thioether (sulfide) groups is 1. The molecule has 51 heavy (non-hydrogen) atoms. The molecule has 1 aliphatic carbocycles. The van der Waals surface area contributed by atoms with Gasteiger partial charge in [0, 0.05) is 37.2 Å². The number of amides is 3. The van der Waals surface area contributed by atoms with Crippen molar-refractivity contribution >= 4 is 46.2 Å². The van der Waals surface area contributed by atoms with Crippen LogP contribution in [0.15, 0.2) is 95.4 Å². The second-order valence-electron chi connectivity index (χ2n) is 12.9. The molecule has 0 spiro atoms. The van der Waals surface area contributed by atoms with E-state index in [1.165, 1.54) is 16.7 Å². The summed E-state index contributed by atoms with van der Waals surface area (Å²) < 4.78 is 11.0. The first kappa shape index (κ1) is 34.4. The molecular weight excluding hydrogens is 667 g/mol. The summed E-state index contributed by atoms with van der Waals surface area (Å²) >= 11 is 1.43. The van der Waals surface area contributed by atoms with Gasteiger partial charge >= 0.3 is 6.09 Å². The lowest BCUT2D eigenvalue weighted by Crippen LogP contribution is -2.46. The van der Waals surface area contributed by atoms with Crippen LogP contribution in [-0.2, 0) is 32.2 Å². The standard InChI is InChI=1S/C38H41N7O5S/c1-26-22-40-31(23-39-26)24-45-36(47)34(51-37(45)42-30-13-15-32(16-14-30)43-18-20-49-21-19-43)28-9-11-29(12-10-28)41-35(46)33-8-5-17-44(33)38(48)50-25-27-6-3-2-4-7-27/h2-4,6-7,9,11,13-16,22-23,33-34H,5,8,10,12,17-21,24-25H2,1H3,(H,41,46)/t33-,34?/m0/s1. The highest BCUT2D eigenvalue weighted by atomic mass is 32.2. The molecule has 0 bridgehead atoms. The number of anilines is 1. The molecule has 2 atom stereocenters. The predicted octanol–water partition coefficient (Wildman–Crippen LogP) is 5.27. The van der Waals surface area contributed by atoms with Gasteiger partial charge in [-0.2, -0.15) is 0 Å². The molecule has 1 unspecified atom stereocenters. The van der Waals surface area contributed by atoms with Crippen LogP contribution in [-0.4, -0.2) is 87.0 Å². The van der Waals surface area contributed by atoms with Gasteiger partial charge in [-0.15, -0.1) is 0 Å². The molecule has 264 valence electrons. The van der Waals surface area contributed by atoms with Gasteiger partial charge in [0.05, 0.1) is 43.0 Å². The second kappa shape index (κ2) is 15.9. The Bertz CT molecular complexity index is 1830. The summed E-state index contributed by atoms with van der Waals surface area (Å²) in [5, 5.41) is 3.19. The van der Waals surface area contributed by atoms with E-state index in [1.807, 2.05) is 61.5 Å². The number of aromatic nitrogens is 2. The lowest BCUT2D eigenvalue weighted by Gasteiger charge is -2.28. The molecule has 3 fully saturated rings. The Morgan fingerprint density at radius 1 is 1.00 bits per heavy atom. The van der Waals surface area contributed by atoms with Crippen molar-refractivity contribution in [1.29, 1.82) is 0 Å². The number of nitrogens with zero attached hydrogens (tertiary/aromatic N) is 6. The van der Waals surface area contributed by atoms with Crippen molar-refractivity contribution in [3.05, 3.63) is 107 Å². The van der Waals surface area contributed by atoms with Gasteiger partial charge in [0.2, 0.25) is 11.8 Å². The number of allylic oxidation sites excluding steroid dienone is 3. The molecule has 3 aliphatic heterocycles. The number of hydrogen-bond acceptors (Lipinski definition) is 10. The van der Waals surface area contributed by atoms with Crippen molar-refractivity contribution in [2.45, 2.75) is 57.1 Å². The predicted molar refractivity (Wildman–Crippen MR) is 195 cm³/mol. The summed E-state index contributed by atoms with van der Waals surface area (Å²) in [7, 11) is 0. The smallest absolute Gasteiger partial charge is 0.410 e. The molecule has 7 rings (SSSR count). The summed E-state index contributed by atoms with van der Waals surface area (Å²) in [6, 6.07) is 17.0. The Hall–Kier alpha value is -5.01. The van der Waals surface area contributed by atoms with Crippen LogP contribution in [0.5, 0.6) is 0 Å². The summed E-state index contributed by atoms with van der Waals surface area (Å²) in [4.78, 5) is 59.5. The molecule has 12 nitrogen and oxygen atoms in total. The Morgan fingerprint density at radius 3 is 2.53 bits per heavy atom. The molecule has 0 saturated carbocycles. The molecule has 4 heterocycles. The first-order valence-corrected chi connectivity index (χ1v) is 18.2. The minimum Gasteiger partial charge on any atom is -0.445 e. The maximum absolute atomic E-state index is 14.0. The molecule has 1 N–H and O–H groups in total. The van der Waals surface area contributed by atoms with E-state index < -0.39 is 17.4 Å². The van der Waals surface area contributed by atoms with Crippen LogP contribution < -0.4 is 10.2 Å². The van der Waals surface area contributed by atoms with Crippen LogP contribution >= 0.6 is 11.8 Å². The van der Waals surface area contributed by atoms with Gasteiger partial charge in [-0.1, -0.05) is 48.2 Å². The summed E-state index contributed by atoms with van der Waals surface area (Å²) in [6.45, 7) is 5.90. The van der Waals surface area contributed by atoms with Gasteiger partial charge < -0.3 is 19.7 Å². The van der Waals surface area contributed by atoms with Gasteiger partial charge in [-0.05, 0) is 74.1 Å². The molecule has 2 aromatic carbocycles. The van der Waals surface area contributed by atoms with Gasteiger partial charge in [0.15, 0.2) is 5.17 Å². The lowest BCUT2D eigenvalue weighted by molar-refractivity contribution is -0.126. The molecule has 3 saturated heterocycles. The average Bonchev–Trinajstić information content (AvgIpc) is 3.78. The topological polar surface area (TPSA) is 130 Å². The number of morpholine rings is 1. The summed E-state index contributed by atoms with van der Waals surface area (Å²) in [5.41, 5.74) is 5.97. The van der Waals surface area contributed by atoms with Crippen LogP contribution in [0.1, 0.15) is 42.6 Å². The fourth-order valence-electron chi connectivity index (χ4n) is 6.53. The first-order chi connectivity index (χ1) is 24.9.